The van der Waals surface area contributed by atoms with Gasteiger partial charge in [0, 0.05) is 0 Å². The molecule has 0 amide bonds. The third-order valence-electron chi connectivity index (χ3n) is 10.5. The molecule has 0 aromatic carbocycles. The van der Waals surface area contributed by atoms with Gasteiger partial charge in [-0.2, -0.15) is 0 Å². The summed E-state index contributed by atoms with van der Waals surface area (Å²) in [6.45, 7) is 14.9. The fourth-order valence-electron chi connectivity index (χ4n) is 7.92. The van der Waals surface area contributed by atoms with E-state index in [1.807, 2.05) is 5.57 Å². The maximum absolute atomic E-state index is 10.2. The molecule has 8 atom stereocenters. The molecule has 4 rings (SSSR count). The first-order chi connectivity index (χ1) is 13.7. The van der Waals surface area contributed by atoms with Crippen molar-refractivity contribution in [2.45, 2.75) is 105 Å². The molecule has 1 heteroatoms. The quantitative estimate of drug-likeness (QED) is 0.506. The molecule has 2 fully saturated rings. The molecule has 2 saturated carbocycles. The number of fused-ring (bicyclic) bond motifs is 4. The van der Waals surface area contributed by atoms with Crippen molar-refractivity contribution in [3.63, 3.8) is 0 Å². The van der Waals surface area contributed by atoms with Crippen molar-refractivity contribution in [1.29, 1.82) is 0 Å². The van der Waals surface area contributed by atoms with Crippen LogP contribution in [0.25, 0.3) is 0 Å². The minimum atomic E-state index is -0.0780. The Morgan fingerprint density at radius 2 is 1.79 bits per heavy atom. The summed E-state index contributed by atoms with van der Waals surface area (Å²) in [5.41, 5.74) is 4.39. The second kappa shape index (κ2) is 7.85. The second-order valence-electron chi connectivity index (χ2n) is 12.3. The van der Waals surface area contributed by atoms with E-state index in [2.05, 4.69) is 53.7 Å². The van der Waals surface area contributed by atoms with Crippen LogP contribution in [0, 0.1) is 46.3 Å². The summed E-state index contributed by atoms with van der Waals surface area (Å²) in [7, 11) is 0. The monoisotopic (exact) mass is 398 g/mol. The van der Waals surface area contributed by atoms with E-state index in [0.717, 1.165) is 42.4 Å². The summed E-state index contributed by atoms with van der Waals surface area (Å²) >= 11 is 0. The SMILES string of the molecule is CC(C)[C@@H](C)CC[C@@H](C)[C@H]1CCC2=C3C=C[C@H]4C[C@@H](O)CC[C@]4(C)[C@H]3CC[C@@]21C. The highest BCUT2D eigenvalue weighted by Gasteiger charge is 2.54. The van der Waals surface area contributed by atoms with Gasteiger partial charge < -0.3 is 5.11 Å². The molecule has 1 N–H and O–H groups in total. The van der Waals surface area contributed by atoms with Gasteiger partial charge in [0.15, 0.2) is 0 Å². The first-order valence-electron chi connectivity index (χ1n) is 12.8. The van der Waals surface area contributed by atoms with Crippen molar-refractivity contribution in [3.8, 4) is 0 Å². The van der Waals surface area contributed by atoms with Crippen molar-refractivity contribution in [1.82, 2.24) is 0 Å². The maximum atomic E-state index is 10.2. The van der Waals surface area contributed by atoms with Crippen molar-refractivity contribution in [3.05, 3.63) is 23.3 Å². The van der Waals surface area contributed by atoms with Gasteiger partial charge in [0.05, 0.1) is 6.10 Å². The van der Waals surface area contributed by atoms with E-state index in [1.54, 1.807) is 5.57 Å². The van der Waals surface area contributed by atoms with Gasteiger partial charge in [0.2, 0.25) is 0 Å². The van der Waals surface area contributed by atoms with Crippen molar-refractivity contribution >= 4 is 0 Å². The first-order valence-corrected chi connectivity index (χ1v) is 12.8. The molecule has 29 heavy (non-hydrogen) atoms. The predicted molar refractivity (Wildman–Crippen MR) is 124 cm³/mol. The Balaban J connectivity index is 1.56. The number of allylic oxidation sites excluding steroid dienone is 4. The van der Waals surface area contributed by atoms with Crippen LogP contribution in [0.5, 0.6) is 0 Å². The molecule has 4 aliphatic rings. The highest BCUT2D eigenvalue weighted by molar-refractivity contribution is 5.42. The summed E-state index contributed by atoms with van der Waals surface area (Å²) in [6, 6.07) is 0. The largest absolute Gasteiger partial charge is 0.393 e. The van der Waals surface area contributed by atoms with E-state index in [4.69, 9.17) is 0 Å². The Morgan fingerprint density at radius 1 is 1.03 bits per heavy atom. The minimum Gasteiger partial charge on any atom is -0.393 e. The highest BCUT2D eigenvalue weighted by Crippen LogP contribution is 2.64. The number of hydrogen-bond acceptors (Lipinski definition) is 1. The zero-order chi connectivity index (χ0) is 21.0. The van der Waals surface area contributed by atoms with E-state index >= 15 is 0 Å². The Hall–Kier alpha value is -0.560. The van der Waals surface area contributed by atoms with Crippen LogP contribution in [0.4, 0.5) is 0 Å². The summed E-state index contributed by atoms with van der Waals surface area (Å²) < 4.78 is 0. The minimum absolute atomic E-state index is 0.0780. The second-order valence-corrected chi connectivity index (χ2v) is 12.3. The molecular formula is C28H46O. The van der Waals surface area contributed by atoms with Gasteiger partial charge in [-0.15, -0.1) is 0 Å². The highest BCUT2D eigenvalue weighted by atomic mass is 16.3. The Labute approximate surface area is 180 Å². The van der Waals surface area contributed by atoms with Crippen LogP contribution in [-0.4, -0.2) is 11.2 Å². The molecule has 0 radical (unpaired) electrons. The first kappa shape index (κ1) is 21.7. The molecule has 0 heterocycles. The van der Waals surface area contributed by atoms with Gasteiger partial charge in [-0.25, -0.2) is 0 Å². The lowest BCUT2D eigenvalue weighted by atomic mass is 9.50. The third kappa shape index (κ3) is 3.58. The van der Waals surface area contributed by atoms with E-state index in [1.165, 1.54) is 44.9 Å². The third-order valence-corrected chi connectivity index (χ3v) is 10.5. The zero-order valence-corrected chi connectivity index (χ0v) is 20.0. The lowest BCUT2D eigenvalue weighted by Gasteiger charge is -2.54. The summed E-state index contributed by atoms with van der Waals surface area (Å²) in [6.07, 6.45) is 16.4. The Kier molecular flexibility index (Phi) is 5.86. The van der Waals surface area contributed by atoms with Gasteiger partial charge in [-0.1, -0.05) is 72.1 Å². The molecular weight excluding hydrogens is 352 g/mol. The lowest BCUT2D eigenvalue weighted by Crippen LogP contribution is -2.46. The van der Waals surface area contributed by atoms with E-state index in [0.29, 0.717) is 16.7 Å². The van der Waals surface area contributed by atoms with Gasteiger partial charge in [-0.05, 0) is 96.9 Å². The average Bonchev–Trinajstić information content (AvgIpc) is 3.03. The van der Waals surface area contributed by atoms with Crippen molar-refractivity contribution in [2.24, 2.45) is 46.3 Å². The summed E-state index contributed by atoms with van der Waals surface area (Å²) in [5.74, 6) is 4.69. The van der Waals surface area contributed by atoms with Crippen LogP contribution >= 0.6 is 0 Å². The maximum Gasteiger partial charge on any atom is 0.0546 e. The molecule has 0 aliphatic heterocycles. The summed E-state index contributed by atoms with van der Waals surface area (Å²) in [5, 5.41) is 10.2. The number of hydrogen-bond donors (Lipinski definition) is 1. The van der Waals surface area contributed by atoms with Crippen LogP contribution in [0.15, 0.2) is 23.3 Å². The van der Waals surface area contributed by atoms with E-state index < -0.39 is 0 Å². The molecule has 0 saturated heterocycles. The molecule has 1 nitrogen and oxygen atoms in total. The van der Waals surface area contributed by atoms with Gasteiger partial charge in [-0.3, -0.25) is 0 Å². The Bertz CT molecular complexity index is 672. The van der Waals surface area contributed by atoms with Gasteiger partial charge >= 0.3 is 0 Å². The molecule has 164 valence electrons. The van der Waals surface area contributed by atoms with Gasteiger partial charge in [0.25, 0.3) is 0 Å². The Morgan fingerprint density at radius 3 is 2.52 bits per heavy atom. The molecule has 0 unspecified atom stereocenters. The molecule has 0 bridgehead atoms. The fourth-order valence-corrected chi connectivity index (χ4v) is 7.92. The normalized spacial score (nSPS) is 43.7. The van der Waals surface area contributed by atoms with E-state index in [-0.39, 0.29) is 6.10 Å². The number of rotatable bonds is 5. The van der Waals surface area contributed by atoms with Gasteiger partial charge in [0.1, 0.15) is 0 Å². The zero-order valence-electron chi connectivity index (χ0n) is 20.0. The van der Waals surface area contributed by atoms with Crippen LogP contribution < -0.4 is 0 Å². The topological polar surface area (TPSA) is 20.2 Å². The number of aliphatic hydroxyl groups is 1. The fraction of sp³-hybridized carbons (Fsp3) is 0.857. The summed E-state index contributed by atoms with van der Waals surface area (Å²) in [4.78, 5) is 0. The lowest BCUT2D eigenvalue weighted by molar-refractivity contribution is -0.00330. The molecule has 0 spiro atoms. The number of aliphatic hydroxyl groups excluding tert-OH is 1. The predicted octanol–water partition coefficient (Wildman–Crippen LogP) is 7.55. The van der Waals surface area contributed by atoms with Crippen LogP contribution in [0.2, 0.25) is 0 Å². The molecule has 0 aromatic heterocycles. The molecule has 4 aliphatic carbocycles. The smallest absolute Gasteiger partial charge is 0.0546 e. The van der Waals surface area contributed by atoms with Crippen LogP contribution in [0.1, 0.15) is 99.3 Å². The van der Waals surface area contributed by atoms with E-state index in [9.17, 15) is 5.11 Å². The van der Waals surface area contributed by atoms with Crippen LogP contribution in [0.3, 0.4) is 0 Å². The molecule has 0 aromatic rings. The van der Waals surface area contributed by atoms with Crippen molar-refractivity contribution < 1.29 is 5.11 Å². The van der Waals surface area contributed by atoms with Crippen LogP contribution in [-0.2, 0) is 0 Å². The standard InChI is InChI=1S/C28H46O/c1-18(2)19(3)7-8-20(4)24-11-12-25-23-10-9-21-17-22(29)13-15-27(21,5)26(23)14-16-28(24,25)6/h9-10,18-22,24,26,29H,7-8,11-17H2,1-6H3/t19-,20+,21-,22-,24+,26-,27-,28+/m0/s1. The van der Waals surface area contributed by atoms with Crippen molar-refractivity contribution in [2.75, 3.05) is 0 Å². The average molecular weight is 399 g/mol.